The van der Waals surface area contributed by atoms with Crippen LogP contribution in [0.4, 0.5) is 17.6 Å². The van der Waals surface area contributed by atoms with Gasteiger partial charge < -0.3 is 0 Å². The summed E-state index contributed by atoms with van der Waals surface area (Å²) in [6, 6.07) is 0.202. The molecule has 168 valence electrons. The Morgan fingerprint density at radius 1 is 0.897 bits per heavy atom. The Bertz CT molecular complexity index is 517. The van der Waals surface area contributed by atoms with E-state index in [2.05, 4.69) is 20.9 Å². The standard InChI is InChI=1S/C21H36F4N4/c22-18-19(26-12-14-4-1-2-5-14)27-13-28-20(18)29-11-3-6-17(29)15-7-9-16(10-8-15)21(23,24)25/h14-20,26-28H,1-13H2/t15?,16?,17-,18?,19?,20?/m1/s1. The Morgan fingerprint density at radius 3 is 2.31 bits per heavy atom. The zero-order valence-electron chi connectivity index (χ0n) is 17.2. The van der Waals surface area contributed by atoms with Gasteiger partial charge in [0.05, 0.1) is 18.2 Å². The normalized spacial score (nSPS) is 40.6. The third-order valence-corrected chi connectivity index (χ3v) is 7.83. The molecule has 3 N–H and O–H groups in total. The largest absolute Gasteiger partial charge is 0.391 e. The summed E-state index contributed by atoms with van der Waals surface area (Å²) in [5.41, 5.74) is 0. The first kappa shape index (κ1) is 21.8. The van der Waals surface area contributed by atoms with E-state index in [0.717, 1.165) is 25.9 Å². The maximum atomic E-state index is 15.4. The summed E-state index contributed by atoms with van der Waals surface area (Å²) in [6.07, 6.45) is 2.80. The number of hydrogen-bond acceptors (Lipinski definition) is 4. The van der Waals surface area contributed by atoms with Gasteiger partial charge in [0.15, 0.2) is 6.17 Å². The van der Waals surface area contributed by atoms with E-state index in [0.29, 0.717) is 25.4 Å². The van der Waals surface area contributed by atoms with Crippen LogP contribution in [-0.4, -0.2) is 55.4 Å². The van der Waals surface area contributed by atoms with Gasteiger partial charge in [0.25, 0.3) is 0 Å². The molecule has 2 aliphatic carbocycles. The van der Waals surface area contributed by atoms with E-state index in [1.165, 1.54) is 25.7 Å². The first-order valence-electron chi connectivity index (χ1n) is 11.6. The van der Waals surface area contributed by atoms with Crippen LogP contribution in [0.3, 0.4) is 0 Å². The fourth-order valence-corrected chi connectivity index (χ4v) is 6.17. The minimum absolute atomic E-state index is 0.202. The van der Waals surface area contributed by atoms with Crippen molar-refractivity contribution in [2.24, 2.45) is 17.8 Å². The van der Waals surface area contributed by atoms with Crippen LogP contribution in [0.25, 0.3) is 0 Å². The fraction of sp³-hybridized carbons (Fsp3) is 1.00. The van der Waals surface area contributed by atoms with Gasteiger partial charge in [0.2, 0.25) is 0 Å². The number of rotatable bonds is 5. The Morgan fingerprint density at radius 2 is 1.62 bits per heavy atom. The highest BCUT2D eigenvalue weighted by Crippen LogP contribution is 2.43. The molecule has 2 aliphatic heterocycles. The van der Waals surface area contributed by atoms with E-state index in [-0.39, 0.29) is 37.1 Å². The lowest BCUT2D eigenvalue weighted by Gasteiger charge is -2.45. The molecule has 4 aliphatic rings. The molecule has 2 saturated heterocycles. The quantitative estimate of drug-likeness (QED) is 0.593. The van der Waals surface area contributed by atoms with Crippen molar-refractivity contribution in [3.63, 3.8) is 0 Å². The van der Waals surface area contributed by atoms with Gasteiger partial charge in [0, 0.05) is 19.3 Å². The maximum absolute atomic E-state index is 15.4. The van der Waals surface area contributed by atoms with Crippen molar-refractivity contribution in [3.8, 4) is 0 Å². The highest BCUT2D eigenvalue weighted by Gasteiger charge is 2.46. The Kier molecular flexibility index (Phi) is 7.03. The predicted molar refractivity (Wildman–Crippen MR) is 105 cm³/mol. The molecule has 2 heterocycles. The van der Waals surface area contributed by atoms with E-state index in [1.807, 2.05) is 0 Å². The highest BCUT2D eigenvalue weighted by molar-refractivity contribution is 4.97. The number of likely N-dealkylation sites (tertiary alicyclic amines) is 1. The molecule has 29 heavy (non-hydrogen) atoms. The van der Waals surface area contributed by atoms with Crippen molar-refractivity contribution in [2.45, 2.75) is 94.9 Å². The third-order valence-electron chi connectivity index (χ3n) is 7.83. The maximum Gasteiger partial charge on any atom is 0.391 e. The van der Waals surface area contributed by atoms with Gasteiger partial charge in [-0.25, -0.2) is 4.39 Å². The molecule has 0 spiro atoms. The molecule has 0 aromatic rings. The Hall–Kier alpha value is -0.440. The highest BCUT2D eigenvalue weighted by atomic mass is 19.4. The molecule has 2 saturated carbocycles. The molecule has 0 amide bonds. The summed E-state index contributed by atoms with van der Waals surface area (Å²) in [5, 5.41) is 9.91. The number of halogens is 4. The van der Waals surface area contributed by atoms with Crippen LogP contribution in [0.2, 0.25) is 0 Å². The van der Waals surface area contributed by atoms with Gasteiger partial charge in [-0.1, -0.05) is 12.8 Å². The molecular weight excluding hydrogens is 384 g/mol. The summed E-state index contributed by atoms with van der Waals surface area (Å²) in [6.45, 7) is 2.24. The third kappa shape index (κ3) is 5.08. The lowest BCUT2D eigenvalue weighted by molar-refractivity contribution is -0.185. The van der Waals surface area contributed by atoms with Crippen molar-refractivity contribution in [3.05, 3.63) is 0 Å². The lowest BCUT2D eigenvalue weighted by atomic mass is 9.77. The summed E-state index contributed by atoms with van der Waals surface area (Å²) >= 11 is 0. The number of nitrogens with zero attached hydrogens (tertiary/aromatic N) is 1. The van der Waals surface area contributed by atoms with Crippen LogP contribution in [0.5, 0.6) is 0 Å². The van der Waals surface area contributed by atoms with Crippen LogP contribution in [-0.2, 0) is 0 Å². The summed E-state index contributed by atoms with van der Waals surface area (Å²) in [5.74, 6) is -0.241. The molecule has 0 aromatic heterocycles. The molecule has 0 radical (unpaired) electrons. The zero-order valence-corrected chi connectivity index (χ0v) is 17.2. The van der Waals surface area contributed by atoms with E-state index < -0.39 is 18.3 Å². The zero-order chi connectivity index (χ0) is 20.4. The molecular formula is C21H36F4N4. The van der Waals surface area contributed by atoms with Gasteiger partial charge in [-0.15, -0.1) is 0 Å². The SMILES string of the molecule is FC1C(NCC2CCCC2)NCNC1N1CCC[C@@H]1C1CCC(C(F)(F)F)CC1. The molecule has 4 fully saturated rings. The molecule has 4 atom stereocenters. The topological polar surface area (TPSA) is 39.3 Å². The van der Waals surface area contributed by atoms with Crippen LogP contribution < -0.4 is 16.0 Å². The van der Waals surface area contributed by atoms with Gasteiger partial charge in [-0.05, 0) is 69.7 Å². The molecule has 0 aromatic carbocycles. The second-order valence-corrected chi connectivity index (χ2v) is 9.61. The summed E-state index contributed by atoms with van der Waals surface area (Å²) < 4.78 is 54.4. The monoisotopic (exact) mass is 420 g/mol. The van der Waals surface area contributed by atoms with E-state index in [4.69, 9.17) is 0 Å². The molecule has 3 unspecified atom stereocenters. The average molecular weight is 421 g/mol. The smallest absolute Gasteiger partial charge is 0.299 e. The molecule has 8 heteroatoms. The minimum atomic E-state index is -4.07. The van der Waals surface area contributed by atoms with E-state index in [1.54, 1.807) is 0 Å². The van der Waals surface area contributed by atoms with Gasteiger partial charge in [0.1, 0.15) is 0 Å². The van der Waals surface area contributed by atoms with Crippen LogP contribution in [0.1, 0.15) is 64.2 Å². The van der Waals surface area contributed by atoms with Gasteiger partial charge in [-0.2, -0.15) is 13.2 Å². The second kappa shape index (κ2) is 9.37. The lowest BCUT2D eigenvalue weighted by Crippen LogP contribution is -2.69. The van der Waals surface area contributed by atoms with Crippen molar-refractivity contribution >= 4 is 0 Å². The Balaban J connectivity index is 1.32. The minimum Gasteiger partial charge on any atom is -0.299 e. The van der Waals surface area contributed by atoms with Gasteiger partial charge in [-0.3, -0.25) is 20.9 Å². The molecule has 4 nitrogen and oxygen atoms in total. The average Bonchev–Trinajstić information content (AvgIpc) is 3.39. The van der Waals surface area contributed by atoms with E-state index >= 15 is 4.39 Å². The Labute approximate surface area is 171 Å². The van der Waals surface area contributed by atoms with Crippen molar-refractivity contribution in [1.82, 2.24) is 20.9 Å². The van der Waals surface area contributed by atoms with Gasteiger partial charge >= 0.3 is 6.18 Å². The van der Waals surface area contributed by atoms with Crippen LogP contribution >= 0.6 is 0 Å². The number of alkyl halides is 4. The first-order chi connectivity index (χ1) is 13.9. The van der Waals surface area contributed by atoms with Crippen LogP contribution in [0, 0.1) is 17.8 Å². The molecule has 0 bridgehead atoms. The fourth-order valence-electron chi connectivity index (χ4n) is 6.17. The van der Waals surface area contributed by atoms with Crippen molar-refractivity contribution < 1.29 is 17.6 Å². The molecule has 4 rings (SSSR count). The predicted octanol–water partition coefficient (Wildman–Crippen LogP) is 3.74. The number of nitrogens with one attached hydrogen (secondary N) is 3. The van der Waals surface area contributed by atoms with E-state index in [9.17, 15) is 13.2 Å². The summed E-state index contributed by atoms with van der Waals surface area (Å²) in [4.78, 5) is 2.23. The first-order valence-corrected chi connectivity index (χ1v) is 11.6. The van der Waals surface area contributed by atoms with Crippen molar-refractivity contribution in [2.75, 3.05) is 19.8 Å². The summed E-state index contributed by atoms with van der Waals surface area (Å²) in [7, 11) is 0. The van der Waals surface area contributed by atoms with Crippen LogP contribution in [0.15, 0.2) is 0 Å². The number of hydrogen-bond donors (Lipinski definition) is 3. The second-order valence-electron chi connectivity index (χ2n) is 9.61. The van der Waals surface area contributed by atoms with Crippen molar-refractivity contribution in [1.29, 1.82) is 0 Å².